The van der Waals surface area contributed by atoms with Gasteiger partial charge < -0.3 is 4.57 Å². The maximum Gasteiger partial charge on any atom is 0.0948 e. The SMILES string of the molecule is CCC(CC(C)c1cccnc1)n1ccnc1. The van der Waals surface area contributed by atoms with Gasteiger partial charge in [0.05, 0.1) is 6.33 Å². The summed E-state index contributed by atoms with van der Waals surface area (Å²) in [5, 5.41) is 0. The molecule has 0 aliphatic heterocycles. The van der Waals surface area contributed by atoms with Gasteiger partial charge in [-0.2, -0.15) is 0 Å². The molecular formula is C14H19N3. The summed E-state index contributed by atoms with van der Waals surface area (Å²) in [7, 11) is 0. The first-order valence-corrected chi connectivity index (χ1v) is 6.18. The standard InChI is InChI=1S/C14H19N3/c1-3-14(17-8-7-16-11-17)9-12(2)13-5-4-6-15-10-13/h4-8,10-12,14H,3,9H2,1-2H3. The Morgan fingerprint density at radius 3 is 2.76 bits per heavy atom. The molecule has 0 aliphatic carbocycles. The molecule has 0 N–H and O–H groups in total. The van der Waals surface area contributed by atoms with Gasteiger partial charge in [0.15, 0.2) is 0 Å². The van der Waals surface area contributed by atoms with E-state index < -0.39 is 0 Å². The lowest BCUT2D eigenvalue weighted by atomic mass is 9.94. The van der Waals surface area contributed by atoms with Crippen LogP contribution < -0.4 is 0 Å². The first-order chi connectivity index (χ1) is 8.31. The Morgan fingerprint density at radius 1 is 1.29 bits per heavy atom. The van der Waals surface area contributed by atoms with E-state index in [2.05, 4.69) is 34.4 Å². The number of nitrogens with zero attached hydrogens (tertiary/aromatic N) is 3. The minimum Gasteiger partial charge on any atom is -0.334 e. The van der Waals surface area contributed by atoms with E-state index in [4.69, 9.17) is 0 Å². The van der Waals surface area contributed by atoms with Crippen LogP contribution in [0.1, 0.15) is 44.2 Å². The van der Waals surface area contributed by atoms with Gasteiger partial charge in [-0.25, -0.2) is 4.98 Å². The zero-order chi connectivity index (χ0) is 12.1. The lowest BCUT2D eigenvalue weighted by Gasteiger charge is -2.21. The number of hydrogen-bond donors (Lipinski definition) is 0. The molecule has 2 unspecified atom stereocenters. The summed E-state index contributed by atoms with van der Waals surface area (Å²) in [5.74, 6) is 0.524. The summed E-state index contributed by atoms with van der Waals surface area (Å²) < 4.78 is 2.20. The summed E-state index contributed by atoms with van der Waals surface area (Å²) in [6.07, 6.45) is 11.8. The van der Waals surface area contributed by atoms with Crippen molar-refractivity contribution in [3.63, 3.8) is 0 Å². The maximum absolute atomic E-state index is 4.18. The molecule has 2 heterocycles. The Kier molecular flexibility index (Phi) is 3.91. The molecule has 0 spiro atoms. The van der Waals surface area contributed by atoms with Crippen molar-refractivity contribution in [2.24, 2.45) is 0 Å². The molecule has 3 nitrogen and oxygen atoms in total. The molecule has 0 amide bonds. The highest BCUT2D eigenvalue weighted by molar-refractivity contribution is 5.13. The van der Waals surface area contributed by atoms with Crippen LogP contribution in [0.15, 0.2) is 43.2 Å². The van der Waals surface area contributed by atoms with Crippen LogP contribution >= 0.6 is 0 Å². The van der Waals surface area contributed by atoms with E-state index in [1.165, 1.54) is 5.56 Å². The predicted molar refractivity (Wildman–Crippen MR) is 68.8 cm³/mol. The molecule has 0 bridgehead atoms. The molecule has 0 saturated carbocycles. The number of rotatable bonds is 5. The van der Waals surface area contributed by atoms with Crippen molar-refractivity contribution >= 4 is 0 Å². The fraction of sp³-hybridized carbons (Fsp3) is 0.429. The zero-order valence-corrected chi connectivity index (χ0v) is 10.5. The minimum absolute atomic E-state index is 0.521. The molecule has 2 aromatic rings. The lowest BCUT2D eigenvalue weighted by Crippen LogP contribution is -2.09. The Bertz CT molecular complexity index is 422. The van der Waals surface area contributed by atoms with Crippen LogP contribution in [0, 0.1) is 0 Å². The summed E-state index contributed by atoms with van der Waals surface area (Å²) in [5.41, 5.74) is 1.31. The van der Waals surface area contributed by atoms with Gasteiger partial charge in [-0.1, -0.05) is 19.9 Å². The third-order valence-corrected chi connectivity index (χ3v) is 3.30. The average Bonchev–Trinajstić information content (AvgIpc) is 2.90. The number of pyridine rings is 1. The van der Waals surface area contributed by atoms with Crippen molar-refractivity contribution in [2.45, 2.75) is 38.6 Å². The van der Waals surface area contributed by atoms with E-state index in [1.807, 2.05) is 37.2 Å². The topological polar surface area (TPSA) is 30.7 Å². The van der Waals surface area contributed by atoms with E-state index in [0.29, 0.717) is 12.0 Å². The van der Waals surface area contributed by atoms with E-state index in [-0.39, 0.29) is 0 Å². The van der Waals surface area contributed by atoms with Crippen LogP contribution in [0.25, 0.3) is 0 Å². The Hall–Kier alpha value is -1.64. The van der Waals surface area contributed by atoms with Crippen molar-refractivity contribution in [2.75, 3.05) is 0 Å². The lowest BCUT2D eigenvalue weighted by molar-refractivity contribution is 0.421. The second kappa shape index (κ2) is 5.62. The van der Waals surface area contributed by atoms with E-state index >= 15 is 0 Å². The van der Waals surface area contributed by atoms with Gasteiger partial charge in [-0.3, -0.25) is 4.98 Å². The van der Waals surface area contributed by atoms with Crippen LogP contribution in [-0.2, 0) is 0 Å². The Balaban J connectivity index is 2.05. The Labute approximate surface area is 103 Å². The van der Waals surface area contributed by atoms with Crippen LogP contribution in [0.2, 0.25) is 0 Å². The normalized spacial score (nSPS) is 14.5. The highest BCUT2D eigenvalue weighted by atomic mass is 15.0. The largest absolute Gasteiger partial charge is 0.334 e. The van der Waals surface area contributed by atoms with Crippen LogP contribution in [0.4, 0.5) is 0 Å². The fourth-order valence-electron chi connectivity index (χ4n) is 2.20. The second-order valence-corrected chi connectivity index (χ2v) is 4.50. The summed E-state index contributed by atoms with van der Waals surface area (Å²) in [6, 6.07) is 4.68. The highest BCUT2D eigenvalue weighted by Gasteiger charge is 2.14. The third kappa shape index (κ3) is 2.93. The predicted octanol–water partition coefficient (Wildman–Crippen LogP) is 3.42. The Morgan fingerprint density at radius 2 is 2.18 bits per heavy atom. The molecule has 0 aliphatic rings. The van der Waals surface area contributed by atoms with Crippen LogP contribution in [0.5, 0.6) is 0 Å². The molecule has 0 radical (unpaired) electrons. The number of aromatic nitrogens is 3. The quantitative estimate of drug-likeness (QED) is 0.786. The van der Waals surface area contributed by atoms with Crippen molar-refractivity contribution in [3.8, 4) is 0 Å². The van der Waals surface area contributed by atoms with E-state index in [0.717, 1.165) is 12.8 Å². The van der Waals surface area contributed by atoms with Gasteiger partial charge in [0.1, 0.15) is 0 Å². The highest BCUT2D eigenvalue weighted by Crippen LogP contribution is 2.27. The van der Waals surface area contributed by atoms with Gasteiger partial charge in [-0.15, -0.1) is 0 Å². The van der Waals surface area contributed by atoms with Crippen LogP contribution in [-0.4, -0.2) is 14.5 Å². The summed E-state index contributed by atoms with van der Waals surface area (Å²) in [4.78, 5) is 8.30. The van der Waals surface area contributed by atoms with E-state index in [1.54, 1.807) is 0 Å². The van der Waals surface area contributed by atoms with Gasteiger partial charge in [0, 0.05) is 30.8 Å². The maximum atomic E-state index is 4.18. The zero-order valence-electron chi connectivity index (χ0n) is 10.5. The third-order valence-electron chi connectivity index (χ3n) is 3.30. The molecular weight excluding hydrogens is 210 g/mol. The van der Waals surface area contributed by atoms with E-state index in [9.17, 15) is 0 Å². The first-order valence-electron chi connectivity index (χ1n) is 6.18. The van der Waals surface area contributed by atoms with Gasteiger partial charge >= 0.3 is 0 Å². The summed E-state index contributed by atoms with van der Waals surface area (Å²) >= 11 is 0. The number of hydrogen-bond acceptors (Lipinski definition) is 2. The van der Waals surface area contributed by atoms with Crippen molar-refractivity contribution in [1.29, 1.82) is 0 Å². The van der Waals surface area contributed by atoms with Gasteiger partial charge in [0.25, 0.3) is 0 Å². The van der Waals surface area contributed by atoms with Gasteiger partial charge in [-0.05, 0) is 30.4 Å². The van der Waals surface area contributed by atoms with Crippen molar-refractivity contribution in [1.82, 2.24) is 14.5 Å². The molecule has 2 atom stereocenters. The second-order valence-electron chi connectivity index (χ2n) is 4.50. The molecule has 2 aromatic heterocycles. The molecule has 2 rings (SSSR count). The molecule has 0 aromatic carbocycles. The van der Waals surface area contributed by atoms with Crippen molar-refractivity contribution in [3.05, 3.63) is 48.8 Å². The molecule has 0 saturated heterocycles. The smallest absolute Gasteiger partial charge is 0.0948 e. The molecule has 0 fully saturated rings. The van der Waals surface area contributed by atoms with Crippen LogP contribution in [0.3, 0.4) is 0 Å². The van der Waals surface area contributed by atoms with Crippen molar-refractivity contribution < 1.29 is 0 Å². The van der Waals surface area contributed by atoms with Gasteiger partial charge in [0.2, 0.25) is 0 Å². The fourth-order valence-corrected chi connectivity index (χ4v) is 2.20. The molecule has 90 valence electrons. The molecule has 17 heavy (non-hydrogen) atoms. The minimum atomic E-state index is 0.521. The first kappa shape index (κ1) is 11.8. The molecule has 3 heteroatoms. The summed E-state index contributed by atoms with van der Waals surface area (Å²) in [6.45, 7) is 4.48. The monoisotopic (exact) mass is 229 g/mol. The average molecular weight is 229 g/mol. The number of imidazole rings is 1.